The predicted molar refractivity (Wildman–Crippen MR) is 87.6 cm³/mol. The molecular formula is C17H25PSe. The van der Waals surface area contributed by atoms with Gasteiger partial charge in [0.15, 0.2) is 0 Å². The maximum absolute atomic E-state index is 3.79. The minimum absolute atomic E-state index is 0.740. The first kappa shape index (κ1) is 14.1. The molecule has 2 fully saturated rings. The van der Waals surface area contributed by atoms with Gasteiger partial charge in [-0.2, -0.15) is 0 Å². The standard InChI is InChI=1S/C17H25PSe/c19-18(14-6-9-15-7-2-1-3-8-15)16-10-4-11-17(18)13-5-12-16/h1-3,7-8,16-17H,4-6,9-14H2. The van der Waals surface area contributed by atoms with E-state index in [-0.39, 0.29) is 0 Å². The van der Waals surface area contributed by atoms with E-state index in [0.717, 1.165) is 11.3 Å². The Morgan fingerprint density at radius 2 is 1.53 bits per heavy atom. The van der Waals surface area contributed by atoms with Gasteiger partial charge in [-0.05, 0) is 0 Å². The number of rotatable bonds is 4. The molecule has 2 saturated heterocycles. The van der Waals surface area contributed by atoms with E-state index in [1.165, 1.54) is 63.1 Å². The molecule has 0 saturated carbocycles. The van der Waals surface area contributed by atoms with Crippen LogP contribution in [0.15, 0.2) is 30.3 Å². The Morgan fingerprint density at radius 1 is 0.947 bits per heavy atom. The van der Waals surface area contributed by atoms with Crippen molar-refractivity contribution in [2.75, 3.05) is 6.16 Å². The van der Waals surface area contributed by atoms with E-state index in [2.05, 4.69) is 45.4 Å². The summed E-state index contributed by atoms with van der Waals surface area (Å²) in [4.78, 5) is 0. The van der Waals surface area contributed by atoms with E-state index in [4.69, 9.17) is 0 Å². The van der Waals surface area contributed by atoms with Gasteiger partial charge in [0.1, 0.15) is 0 Å². The summed E-state index contributed by atoms with van der Waals surface area (Å²) in [6.07, 6.45) is 13.3. The molecule has 2 aliphatic heterocycles. The van der Waals surface area contributed by atoms with Gasteiger partial charge >= 0.3 is 125 Å². The summed E-state index contributed by atoms with van der Waals surface area (Å²) in [6.45, 7) is 0. The molecule has 0 unspecified atom stereocenters. The monoisotopic (exact) mass is 340 g/mol. The summed E-state index contributed by atoms with van der Waals surface area (Å²) < 4.78 is 0. The third-order valence-electron chi connectivity index (χ3n) is 5.20. The summed E-state index contributed by atoms with van der Waals surface area (Å²) >= 11 is 3.79. The normalized spacial score (nSPS) is 34.1. The van der Waals surface area contributed by atoms with Crippen LogP contribution in [0.5, 0.6) is 0 Å². The Bertz CT molecular complexity index is 428. The van der Waals surface area contributed by atoms with Crippen molar-refractivity contribution in [2.45, 2.75) is 62.7 Å². The molecule has 0 aromatic heterocycles. The SMILES string of the molecule is [Se]=P1(CCCc2ccccc2)C2CCCC1CCC2. The van der Waals surface area contributed by atoms with Gasteiger partial charge in [0.05, 0.1) is 0 Å². The first-order valence-electron chi connectivity index (χ1n) is 7.91. The second-order valence-electron chi connectivity index (χ2n) is 6.34. The van der Waals surface area contributed by atoms with E-state index in [9.17, 15) is 0 Å². The van der Waals surface area contributed by atoms with Gasteiger partial charge in [0.2, 0.25) is 0 Å². The fourth-order valence-corrected chi connectivity index (χ4v) is 12.1. The van der Waals surface area contributed by atoms with Crippen LogP contribution in [-0.4, -0.2) is 32.6 Å². The molecule has 1 aromatic rings. The summed E-state index contributed by atoms with van der Waals surface area (Å²) in [6, 6.07) is 11.0. The molecule has 0 nitrogen and oxygen atoms in total. The van der Waals surface area contributed by atoms with Crippen molar-refractivity contribution in [2.24, 2.45) is 0 Å². The van der Waals surface area contributed by atoms with Gasteiger partial charge in [-0.3, -0.25) is 0 Å². The van der Waals surface area contributed by atoms with E-state index in [1.54, 1.807) is 0 Å². The molecule has 0 aliphatic carbocycles. The number of fused-ring (bicyclic) bond motifs is 2. The Kier molecular flexibility index (Phi) is 4.68. The number of aryl methyl sites for hydroxylation is 1. The van der Waals surface area contributed by atoms with Crippen molar-refractivity contribution >= 4 is 20.6 Å². The Balaban J connectivity index is 1.61. The van der Waals surface area contributed by atoms with Gasteiger partial charge in [0.25, 0.3) is 0 Å². The zero-order valence-electron chi connectivity index (χ0n) is 11.8. The summed E-state index contributed by atoms with van der Waals surface area (Å²) in [7, 11) is 0. The first-order chi connectivity index (χ1) is 9.29. The Hall–Kier alpha value is 0.169. The van der Waals surface area contributed by atoms with Crippen molar-refractivity contribution in [1.29, 1.82) is 0 Å². The van der Waals surface area contributed by atoms with Gasteiger partial charge < -0.3 is 0 Å². The molecule has 3 rings (SSSR count). The average molecular weight is 339 g/mol. The summed E-state index contributed by atoms with van der Waals surface area (Å²) in [5, 5.41) is 0. The maximum atomic E-state index is 3.79. The second kappa shape index (κ2) is 6.30. The van der Waals surface area contributed by atoms with Crippen LogP contribution < -0.4 is 0 Å². The van der Waals surface area contributed by atoms with Gasteiger partial charge in [-0.15, -0.1) is 0 Å². The van der Waals surface area contributed by atoms with Crippen molar-refractivity contribution in [3.63, 3.8) is 0 Å². The quantitative estimate of drug-likeness (QED) is 0.545. The van der Waals surface area contributed by atoms with Crippen LogP contribution in [0.25, 0.3) is 0 Å². The number of hydrogen-bond acceptors (Lipinski definition) is 0. The second-order valence-corrected chi connectivity index (χ2v) is 14.2. The van der Waals surface area contributed by atoms with Crippen molar-refractivity contribution in [1.82, 2.24) is 0 Å². The van der Waals surface area contributed by atoms with Crippen LogP contribution in [0.4, 0.5) is 0 Å². The van der Waals surface area contributed by atoms with Crippen LogP contribution in [0.3, 0.4) is 0 Å². The third kappa shape index (κ3) is 3.10. The topological polar surface area (TPSA) is 0 Å². The molecule has 2 aliphatic rings. The summed E-state index contributed by atoms with van der Waals surface area (Å²) in [5.74, 6) is 0. The van der Waals surface area contributed by atoms with E-state index in [1.807, 2.05) is 0 Å². The molecule has 2 heterocycles. The molecule has 0 N–H and O–H groups in total. The Labute approximate surface area is 125 Å². The molecule has 1 aromatic carbocycles. The van der Waals surface area contributed by atoms with Crippen molar-refractivity contribution < 1.29 is 0 Å². The number of hydrogen-bond donors (Lipinski definition) is 0. The number of benzene rings is 1. The molecule has 2 bridgehead atoms. The zero-order valence-corrected chi connectivity index (χ0v) is 14.4. The van der Waals surface area contributed by atoms with Crippen LogP contribution in [0.2, 0.25) is 0 Å². The molecule has 2 heteroatoms. The molecule has 0 atom stereocenters. The van der Waals surface area contributed by atoms with Gasteiger partial charge in [-0.1, -0.05) is 0 Å². The molecular weight excluding hydrogens is 314 g/mol. The van der Waals surface area contributed by atoms with Gasteiger partial charge in [-0.25, -0.2) is 0 Å². The fraction of sp³-hybridized carbons (Fsp3) is 0.647. The third-order valence-corrected chi connectivity index (χ3v) is 14.6. The van der Waals surface area contributed by atoms with Crippen LogP contribution in [0.1, 0.15) is 50.5 Å². The van der Waals surface area contributed by atoms with Crippen molar-refractivity contribution in [3.8, 4) is 0 Å². The molecule has 104 valence electrons. The van der Waals surface area contributed by atoms with E-state index >= 15 is 0 Å². The van der Waals surface area contributed by atoms with Gasteiger partial charge in [0, 0.05) is 0 Å². The van der Waals surface area contributed by atoms with Crippen LogP contribution >= 0.6 is 5.51 Å². The molecule has 0 spiro atoms. The first-order valence-corrected chi connectivity index (χ1v) is 12.2. The molecule has 19 heavy (non-hydrogen) atoms. The van der Waals surface area contributed by atoms with E-state index in [0.29, 0.717) is 0 Å². The minimum atomic E-state index is -0.740. The molecule has 0 amide bonds. The zero-order chi connectivity index (χ0) is 13.1. The summed E-state index contributed by atoms with van der Waals surface area (Å²) in [5.41, 5.74) is 2.97. The van der Waals surface area contributed by atoms with Crippen LogP contribution in [0, 0.1) is 0 Å². The van der Waals surface area contributed by atoms with E-state index < -0.39 is 5.51 Å². The Morgan fingerprint density at radius 3 is 2.11 bits per heavy atom. The molecule has 0 radical (unpaired) electrons. The van der Waals surface area contributed by atoms with Crippen molar-refractivity contribution in [3.05, 3.63) is 35.9 Å². The average Bonchev–Trinajstić information content (AvgIpc) is 2.39. The fourth-order valence-electron chi connectivity index (χ4n) is 4.18. The predicted octanol–water partition coefficient (Wildman–Crippen LogP) is 4.83. The van der Waals surface area contributed by atoms with Crippen LogP contribution in [-0.2, 0) is 6.42 Å².